The lowest BCUT2D eigenvalue weighted by atomic mass is 9.99. The van der Waals surface area contributed by atoms with E-state index in [1.807, 2.05) is 0 Å². The van der Waals surface area contributed by atoms with Crippen LogP contribution in [0.1, 0.15) is 10.4 Å². The Balaban J connectivity index is 1.94. The van der Waals surface area contributed by atoms with Gasteiger partial charge >= 0.3 is 0 Å². The lowest BCUT2D eigenvalue weighted by Gasteiger charge is -2.40. The molecule has 1 amide bonds. The first-order valence-electron chi connectivity index (χ1n) is 6.31. The van der Waals surface area contributed by atoms with Gasteiger partial charge in [0.2, 0.25) is 0 Å². The zero-order valence-electron chi connectivity index (χ0n) is 11.0. The van der Waals surface area contributed by atoms with Crippen molar-refractivity contribution in [2.45, 2.75) is 30.6 Å². The van der Waals surface area contributed by atoms with E-state index in [0.717, 1.165) is 0 Å². The number of amides is 1. The third kappa shape index (κ3) is 3.53. The minimum absolute atomic E-state index is 0.287. The van der Waals surface area contributed by atoms with E-state index in [4.69, 9.17) is 9.84 Å². The lowest BCUT2D eigenvalue weighted by Crippen LogP contribution is -2.64. The molecule has 1 aliphatic rings. The second-order valence-electron chi connectivity index (χ2n) is 4.59. The molecule has 6 N–H and O–H groups in total. The average molecular weight is 299 g/mol. The number of carbonyl (C=O) groups excluding carboxylic acids is 1. The summed E-state index contributed by atoms with van der Waals surface area (Å²) in [5.74, 6) is -0.514. The van der Waals surface area contributed by atoms with Gasteiger partial charge in [-0.1, -0.05) is 0 Å². The van der Waals surface area contributed by atoms with Crippen molar-refractivity contribution >= 4 is 5.91 Å². The molecule has 21 heavy (non-hydrogen) atoms. The number of pyridine rings is 1. The van der Waals surface area contributed by atoms with Gasteiger partial charge in [-0.3, -0.25) is 15.2 Å². The fourth-order valence-corrected chi connectivity index (χ4v) is 1.93. The van der Waals surface area contributed by atoms with Crippen molar-refractivity contribution in [2.75, 3.05) is 6.61 Å². The van der Waals surface area contributed by atoms with Crippen molar-refractivity contribution in [3.05, 3.63) is 30.1 Å². The minimum Gasteiger partial charge on any atom is -0.394 e. The molecule has 0 bridgehead atoms. The highest BCUT2D eigenvalue weighted by molar-refractivity contribution is 5.93. The molecule has 0 aliphatic carbocycles. The van der Waals surface area contributed by atoms with Gasteiger partial charge < -0.3 is 25.2 Å². The molecule has 116 valence electrons. The van der Waals surface area contributed by atoms with Crippen LogP contribution in [0, 0.1) is 0 Å². The first kappa shape index (κ1) is 15.8. The third-order valence-electron chi connectivity index (χ3n) is 3.14. The molecular weight excluding hydrogens is 282 g/mol. The van der Waals surface area contributed by atoms with Crippen molar-refractivity contribution in [1.29, 1.82) is 0 Å². The number of hydrazine groups is 1. The van der Waals surface area contributed by atoms with Gasteiger partial charge in [0.15, 0.2) is 6.23 Å². The molecule has 0 saturated carbocycles. The highest BCUT2D eigenvalue weighted by Crippen LogP contribution is 2.19. The molecule has 0 radical (unpaired) electrons. The van der Waals surface area contributed by atoms with Crippen LogP contribution in [0.2, 0.25) is 0 Å². The largest absolute Gasteiger partial charge is 0.394 e. The number of nitrogens with zero attached hydrogens (tertiary/aromatic N) is 1. The third-order valence-corrected chi connectivity index (χ3v) is 3.14. The number of rotatable bonds is 4. The van der Waals surface area contributed by atoms with Crippen molar-refractivity contribution in [3.8, 4) is 0 Å². The molecular formula is C12H17N3O6. The van der Waals surface area contributed by atoms with Gasteiger partial charge in [0.25, 0.3) is 5.91 Å². The van der Waals surface area contributed by atoms with Gasteiger partial charge in [0.05, 0.1) is 12.2 Å². The van der Waals surface area contributed by atoms with Crippen LogP contribution in [0.3, 0.4) is 0 Å². The summed E-state index contributed by atoms with van der Waals surface area (Å²) < 4.78 is 5.17. The van der Waals surface area contributed by atoms with Crippen LogP contribution in [0.5, 0.6) is 0 Å². The first-order valence-corrected chi connectivity index (χ1v) is 6.31. The quantitative estimate of drug-likeness (QED) is 0.325. The molecule has 0 unspecified atom stereocenters. The summed E-state index contributed by atoms with van der Waals surface area (Å²) in [6, 6.07) is 3.13. The van der Waals surface area contributed by atoms with Gasteiger partial charge in [-0.25, -0.2) is 5.43 Å². The summed E-state index contributed by atoms with van der Waals surface area (Å²) in [5, 5.41) is 38.0. The summed E-state index contributed by atoms with van der Waals surface area (Å²) >= 11 is 0. The Kier molecular flexibility index (Phi) is 5.17. The van der Waals surface area contributed by atoms with Crippen molar-refractivity contribution in [3.63, 3.8) is 0 Å². The monoisotopic (exact) mass is 299 g/mol. The van der Waals surface area contributed by atoms with Gasteiger partial charge in [-0.2, -0.15) is 0 Å². The van der Waals surface area contributed by atoms with E-state index in [2.05, 4.69) is 15.8 Å². The Bertz CT molecular complexity index is 471. The zero-order chi connectivity index (χ0) is 15.4. The molecule has 1 aromatic rings. The second-order valence-corrected chi connectivity index (χ2v) is 4.59. The number of hydrogen-bond acceptors (Lipinski definition) is 8. The second kappa shape index (κ2) is 6.89. The van der Waals surface area contributed by atoms with E-state index < -0.39 is 43.2 Å². The van der Waals surface area contributed by atoms with E-state index in [1.165, 1.54) is 18.5 Å². The van der Waals surface area contributed by atoms with E-state index in [9.17, 15) is 20.1 Å². The number of hydrogen-bond donors (Lipinski definition) is 6. The van der Waals surface area contributed by atoms with Gasteiger partial charge in [-0.15, -0.1) is 0 Å². The number of aliphatic hydroxyl groups is 4. The summed E-state index contributed by atoms with van der Waals surface area (Å²) in [6.07, 6.45) is -3.79. The van der Waals surface area contributed by atoms with E-state index in [-0.39, 0.29) is 5.56 Å². The maximum atomic E-state index is 11.8. The summed E-state index contributed by atoms with van der Waals surface area (Å²) in [4.78, 5) is 15.6. The molecule has 9 nitrogen and oxygen atoms in total. The summed E-state index contributed by atoms with van der Waals surface area (Å²) in [5.41, 5.74) is 4.98. The van der Waals surface area contributed by atoms with Crippen LogP contribution >= 0.6 is 0 Å². The molecule has 2 rings (SSSR count). The van der Waals surface area contributed by atoms with Crippen LogP contribution in [0.15, 0.2) is 24.5 Å². The fourth-order valence-electron chi connectivity index (χ4n) is 1.93. The van der Waals surface area contributed by atoms with Gasteiger partial charge in [-0.05, 0) is 12.1 Å². The molecule has 9 heteroatoms. The maximum absolute atomic E-state index is 11.8. The standard InChI is InChI=1S/C12H17N3O6/c16-5-7-8(17)9(18)10(19)12(21-7)15-14-11(20)6-2-1-3-13-4-6/h1-4,7-10,12,15-19H,5H2,(H,14,20)/t7-,8+,9+,10+,12-/m0/s1. The van der Waals surface area contributed by atoms with Crippen LogP contribution in [-0.2, 0) is 4.74 Å². The number of nitrogens with one attached hydrogen (secondary N) is 2. The Labute approximate surface area is 120 Å². The van der Waals surface area contributed by atoms with Crippen molar-refractivity contribution in [1.82, 2.24) is 15.8 Å². The molecule has 0 aromatic carbocycles. The molecule has 1 aliphatic heterocycles. The number of ether oxygens (including phenoxy) is 1. The van der Waals surface area contributed by atoms with E-state index in [0.29, 0.717) is 0 Å². The maximum Gasteiger partial charge on any atom is 0.267 e. The first-order chi connectivity index (χ1) is 10.0. The number of aromatic nitrogens is 1. The molecule has 2 heterocycles. The Morgan fingerprint density at radius 2 is 2.05 bits per heavy atom. The topological polar surface area (TPSA) is 144 Å². The minimum atomic E-state index is -1.51. The zero-order valence-corrected chi connectivity index (χ0v) is 11.0. The van der Waals surface area contributed by atoms with E-state index in [1.54, 1.807) is 6.07 Å². The molecule has 1 saturated heterocycles. The van der Waals surface area contributed by atoms with Gasteiger partial charge in [0.1, 0.15) is 24.4 Å². The molecule has 5 atom stereocenters. The Morgan fingerprint density at radius 1 is 1.29 bits per heavy atom. The predicted molar refractivity (Wildman–Crippen MR) is 68.6 cm³/mol. The number of carbonyl (C=O) groups is 1. The van der Waals surface area contributed by atoms with Crippen LogP contribution < -0.4 is 10.9 Å². The molecule has 1 fully saturated rings. The predicted octanol–water partition coefficient (Wildman–Crippen LogP) is -2.88. The molecule has 1 aromatic heterocycles. The van der Waals surface area contributed by atoms with Crippen LogP contribution in [-0.4, -0.2) is 68.6 Å². The van der Waals surface area contributed by atoms with Crippen molar-refractivity contribution in [2.24, 2.45) is 0 Å². The summed E-state index contributed by atoms with van der Waals surface area (Å²) in [7, 11) is 0. The SMILES string of the molecule is O=C(NN[C@H]1O[C@@H](CO)[C@@H](O)[C@@H](O)[C@H]1O)c1cccnc1. The van der Waals surface area contributed by atoms with Gasteiger partial charge in [0, 0.05) is 12.4 Å². The Morgan fingerprint density at radius 3 is 2.67 bits per heavy atom. The Hall–Kier alpha value is -1.62. The highest BCUT2D eigenvalue weighted by atomic mass is 16.6. The molecule has 0 spiro atoms. The normalized spacial score (nSPS) is 32.7. The van der Waals surface area contributed by atoms with Crippen LogP contribution in [0.4, 0.5) is 0 Å². The highest BCUT2D eigenvalue weighted by Gasteiger charge is 2.43. The lowest BCUT2D eigenvalue weighted by molar-refractivity contribution is -0.238. The smallest absolute Gasteiger partial charge is 0.267 e. The van der Waals surface area contributed by atoms with Crippen LogP contribution in [0.25, 0.3) is 0 Å². The fraction of sp³-hybridized carbons (Fsp3) is 0.500. The van der Waals surface area contributed by atoms with E-state index >= 15 is 0 Å². The summed E-state index contributed by atoms with van der Waals surface area (Å²) in [6.45, 7) is -0.542. The average Bonchev–Trinajstić information content (AvgIpc) is 2.52. The van der Waals surface area contributed by atoms with Crippen molar-refractivity contribution < 1.29 is 30.0 Å². The number of aliphatic hydroxyl groups excluding tert-OH is 4.